The number of ether oxygens (including phenoxy) is 2. The number of non-ortho nitro benzene ring substituents is 1. The zero-order chi connectivity index (χ0) is 13.9. The fraction of sp³-hybridized carbons (Fsp3) is 0.333. The molecule has 0 unspecified atom stereocenters. The topological polar surface area (TPSA) is 122 Å². The van der Waals surface area contributed by atoms with Crippen molar-refractivity contribution in [3.63, 3.8) is 0 Å². The van der Waals surface area contributed by atoms with Crippen LogP contribution in [0, 0.1) is 10.1 Å². The Labute approximate surface area is 104 Å². The lowest BCUT2D eigenvalue weighted by atomic mass is 10.3. The van der Waals surface area contributed by atoms with E-state index < -0.39 is 25.5 Å². The lowest BCUT2D eigenvalue weighted by Crippen LogP contribution is -2.14. The molecule has 2 N–H and O–H groups in total. The second-order valence-electron chi connectivity index (χ2n) is 3.21. The normalized spacial score (nSPS) is 11.1. The number of nitrogens with zero attached hydrogens (tertiary/aromatic N) is 1. The summed E-state index contributed by atoms with van der Waals surface area (Å²) in [6.45, 7) is 1.84. The van der Waals surface area contributed by atoms with Crippen molar-refractivity contribution in [1.29, 1.82) is 0 Å². The molecule has 0 heterocycles. The SMILES string of the molecule is CCOc1cc([N+](=O)[O-])cc(S(N)(=O)=O)c1OC. The number of methoxy groups -OCH3 is 1. The highest BCUT2D eigenvalue weighted by Gasteiger charge is 2.24. The molecule has 100 valence electrons. The summed E-state index contributed by atoms with van der Waals surface area (Å²) >= 11 is 0. The van der Waals surface area contributed by atoms with Crippen LogP contribution in [0.25, 0.3) is 0 Å². The van der Waals surface area contributed by atoms with Gasteiger partial charge in [-0.3, -0.25) is 10.1 Å². The number of hydrogen-bond acceptors (Lipinski definition) is 6. The van der Waals surface area contributed by atoms with E-state index in [4.69, 9.17) is 14.6 Å². The molecule has 18 heavy (non-hydrogen) atoms. The maximum Gasteiger partial charge on any atom is 0.274 e. The molecule has 0 saturated carbocycles. The molecule has 0 aliphatic rings. The molecule has 1 aromatic carbocycles. The Morgan fingerprint density at radius 1 is 1.44 bits per heavy atom. The van der Waals surface area contributed by atoms with Crippen molar-refractivity contribution in [2.75, 3.05) is 13.7 Å². The first-order chi connectivity index (χ1) is 8.31. The highest BCUT2D eigenvalue weighted by Crippen LogP contribution is 2.37. The second kappa shape index (κ2) is 5.19. The smallest absolute Gasteiger partial charge is 0.274 e. The molecule has 0 bridgehead atoms. The first-order valence-corrected chi connectivity index (χ1v) is 6.38. The predicted octanol–water partition coefficient (Wildman–Crippen LogP) is 0.650. The van der Waals surface area contributed by atoms with Crippen LogP contribution in [0.15, 0.2) is 17.0 Å². The van der Waals surface area contributed by atoms with E-state index in [1.54, 1.807) is 6.92 Å². The average molecular weight is 276 g/mol. The van der Waals surface area contributed by atoms with Crippen molar-refractivity contribution >= 4 is 15.7 Å². The molecule has 0 aliphatic heterocycles. The number of nitro groups is 1. The summed E-state index contributed by atoms with van der Waals surface area (Å²) in [4.78, 5) is 9.49. The predicted molar refractivity (Wildman–Crippen MR) is 62.2 cm³/mol. The molecule has 0 aromatic heterocycles. The van der Waals surface area contributed by atoms with E-state index in [9.17, 15) is 18.5 Å². The van der Waals surface area contributed by atoms with Gasteiger partial charge in [0.15, 0.2) is 11.5 Å². The summed E-state index contributed by atoms with van der Waals surface area (Å²) in [5.74, 6) is -0.192. The monoisotopic (exact) mass is 276 g/mol. The zero-order valence-electron chi connectivity index (χ0n) is 9.74. The van der Waals surface area contributed by atoms with Gasteiger partial charge >= 0.3 is 0 Å². The van der Waals surface area contributed by atoms with Crippen molar-refractivity contribution in [3.05, 3.63) is 22.2 Å². The van der Waals surface area contributed by atoms with Gasteiger partial charge in [-0.2, -0.15) is 0 Å². The molecule has 0 saturated heterocycles. The van der Waals surface area contributed by atoms with E-state index in [-0.39, 0.29) is 18.1 Å². The lowest BCUT2D eigenvalue weighted by molar-refractivity contribution is -0.385. The van der Waals surface area contributed by atoms with Crippen LogP contribution in [-0.4, -0.2) is 27.1 Å². The van der Waals surface area contributed by atoms with E-state index in [1.807, 2.05) is 0 Å². The van der Waals surface area contributed by atoms with Gasteiger partial charge in [-0.1, -0.05) is 0 Å². The number of benzene rings is 1. The number of nitro benzene ring substituents is 1. The van der Waals surface area contributed by atoms with Crippen molar-refractivity contribution in [1.82, 2.24) is 0 Å². The maximum atomic E-state index is 11.4. The van der Waals surface area contributed by atoms with E-state index in [2.05, 4.69) is 0 Å². The van der Waals surface area contributed by atoms with Gasteiger partial charge < -0.3 is 9.47 Å². The van der Waals surface area contributed by atoms with E-state index in [0.29, 0.717) is 0 Å². The Kier molecular flexibility index (Phi) is 4.09. The molecule has 0 amide bonds. The molecular formula is C9H12N2O6S. The highest BCUT2D eigenvalue weighted by molar-refractivity contribution is 7.89. The Hall–Kier alpha value is -1.87. The summed E-state index contributed by atoms with van der Waals surface area (Å²) in [5, 5.41) is 15.7. The highest BCUT2D eigenvalue weighted by atomic mass is 32.2. The zero-order valence-corrected chi connectivity index (χ0v) is 10.6. The van der Waals surface area contributed by atoms with Crippen molar-refractivity contribution in [3.8, 4) is 11.5 Å². The van der Waals surface area contributed by atoms with Gasteiger partial charge in [0.25, 0.3) is 5.69 Å². The number of hydrogen-bond donors (Lipinski definition) is 1. The standard InChI is InChI=1S/C9H12N2O6S/c1-3-17-7-4-6(11(12)13)5-8(9(7)16-2)18(10,14)15/h4-5H,3H2,1-2H3,(H2,10,14,15). The minimum atomic E-state index is -4.15. The van der Waals surface area contributed by atoms with E-state index in [1.165, 1.54) is 7.11 Å². The summed E-state index contributed by atoms with van der Waals surface area (Å²) in [6.07, 6.45) is 0. The summed E-state index contributed by atoms with van der Waals surface area (Å²) in [5.41, 5.74) is -0.441. The van der Waals surface area contributed by atoms with Crippen molar-refractivity contribution in [2.24, 2.45) is 5.14 Å². The Bertz CT molecular complexity index is 569. The maximum absolute atomic E-state index is 11.4. The summed E-state index contributed by atoms with van der Waals surface area (Å²) in [7, 11) is -2.93. The number of sulfonamides is 1. The minimum absolute atomic E-state index is 0.0433. The van der Waals surface area contributed by atoms with Crippen LogP contribution in [0.2, 0.25) is 0 Å². The van der Waals surface area contributed by atoms with Crippen LogP contribution in [-0.2, 0) is 10.0 Å². The fourth-order valence-corrected chi connectivity index (χ4v) is 2.07. The fourth-order valence-electron chi connectivity index (χ4n) is 1.34. The molecule has 1 rings (SSSR count). The molecule has 9 heteroatoms. The molecule has 0 atom stereocenters. The Morgan fingerprint density at radius 3 is 2.44 bits per heavy atom. The van der Waals surface area contributed by atoms with Crippen molar-refractivity contribution < 1.29 is 22.8 Å². The van der Waals surface area contributed by atoms with E-state index >= 15 is 0 Å². The van der Waals surface area contributed by atoms with Crippen LogP contribution < -0.4 is 14.6 Å². The third kappa shape index (κ3) is 2.87. The molecular weight excluding hydrogens is 264 g/mol. The third-order valence-electron chi connectivity index (χ3n) is 2.03. The Morgan fingerprint density at radius 2 is 2.06 bits per heavy atom. The van der Waals surface area contributed by atoms with Crippen LogP contribution in [0.1, 0.15) is 6.92 Å². The quantitative estimate of drug-likeness (QED) is 0.622. The van der Waals surface area contributed by atoms with E-state index in [0.717, 1.165) is 12.1 Å². The first kappa shape index (κ1) is 14.2. The van der Waals surface area contributed by atoms with Crippen molar-refractivity contribution in [2.45, 2.75) is 11.8 Å². The van der Waals surface area contributed by atoms with Crippen LogP contribution in [0.5, 0.6) is 11.5 Å². The van der Waals surface area contributed by atoms with Gasteiger partial charge in [0.1, 0.15) is 4.90 Å². The molecule has 0 spiro atoms. The van der Waals surface area contributed by atoms with Crippen LogP contribution in [0.4, 0.5) is 5.69 Å². The van der Waals surface area contributed by atoms with Crippen LogP contribution in [0.3, 0.4) is 0 Å². The Balaban J connectivity index is 3.61. The number of nitrogens with two attached hydrogens (primary N) is 1. The molecule has 0 radical (unpaired) electrons. The van der Waals surface area contributed by atoms with Gasteiger partial charge in [-0.15, -0.1) is 0 Å². The molecule has 0 aliphatic carbocycles. The largest absolute Gasteiger partial charge is 0.492 e. The minimum Gasteiger partial charge on any atom is -0.492 e. The van der Waals surface area contributed by atoms with Gasteiger partial charge in [-0.25, -0.2) is 13.6 Å². The molecule has 8 nitrogen and oxygen atoms in total. The van der Waals surface area contributed by atoms with Crippen LogP contribution >= 0.6 is 0 Å². The van der Waals surface area contributed by atoms with Gasteiger partial charge in [-0.05, 0) is 6.92 Å². The second-order valence-corrected chi connectivity index (χ2v) is 4.74. The summed E-state index contributed by atoms with van der Waals surface area (Å²) in [6, 6.07) is 1.91. The summed E-state index contributed by atoms with van der Waals surface area (Å²) < 4.78 is 32.7. The first-order valence-electron chi connectivity index (χ1n) is 4.83. The third-order valence-corrected chi connectivity index (χ3v) is 2.94. The van der Waals surface area contributed by atoms with Gasteiger partial charge in [0.2, 0.25) is 10.0 Å². The molecule has 0 fully saturated rings. The average Bonchev–Trinajstić information content (AvgIpc) is 2.27. The number of primary sulfonamides is 1. The lowest BCUT2D eigenvalue weighted by Gasteiger charge is -2.12. The number of rotatable bonds is 5. The molecule has 1 aromatic rings. The van der Waals surface area contributed by atoms with Gasteiger partial charge in [0.05, 0.1) is 24.7 Å². The van der Waals surface area contributed by atoms with Gasteiger partial charge in [0, 0.05) is 6.07 Å².